The summed E-state index contributed by atoms with van der Waals surface area (Å²) >= 11 is 0. The van der Waals surface area contributed by atoms with Crippen molar-refractivity contribution < 1.29 is 9.90 Å². The van der Waals surface area contributed by atoms with Gasteiger partial charge in [-0.15, -0.1) is 0 Å². The van der Waals surface area contributed by atoms with Crippen molar-refractivity contribution in [3.8, 4) is 5.75 Å². The van der Waals surface area contributed by atoms with E-state index in [1.165, 1.54) is 0 Å². The first-order chi connectivity index (χ1) is 8.63. The highest BCUT2D eigenvalue weighted by atomic mass is 16.3. The van der Waals surface area contributed by atoms with Crippen molar-refractivity contribution in [1.82, 2.24) is 10.9 Å². The van der Waals surface area contributed by atoms with E-state index in [1.807, 2.05) is 0 Å². The zero-order chi connectivity index (χ0) is 13.4. The van der Waals surface area contributed by atoms with Gasteiger partial charge >= 0.3 is 0 Å². The average Bonchev–Trinajstić information content (AvgIpc) is 2.37. The van der Waals surface area contributed by atoms with Crippen molar-refractivity contribution in [2.75, 3.05) is 0 Å². The first kappa shape index (κ1) is 14.1. The van der Waals surface area contributed by atoms with Crippen molar-refractivity contribution in [2.45, 2.75) is 32.6 Å². The van der Waals surface area contributed by atoms with Crippen molar-refractivity contribution >= 4 is 11.6 Å². The minimum absolute atomic E-state index is 0.0385. The van der Waals surface area contributed by atoms with Crippen LogP contribution in [0.2, 0.25) is 0 Å². The summed E-state index contributed by atoms with van der Waals surface area (Å²) in [7, 11) is 0. The molecule has 1 rings (SSSR count). The Labute approximate surface area is 108 Å². The van der Waals surface area contributed by atoms with E-state index in [9.17, 15) is 4.79 Å². The molecule has 0 heterocycles. The molecule has 0 aromatic heterocycles. The minimum atomic E-state index is -0.0385. The highest BCUT2D eigenvalue weighted by Gasteiger charge is 2.02. The lowest BCUT2D eigenvalue weighted by Gasteiger charge is -2.11. The van der Waals surface area contributed by atoms with Crippen LogP contribution in [0.1, 0.15) is 38.2 Å². The van der Waals surface area contributed by atoms with Crippen molar-refractivity contribution in [3.05, 3.63) is 36.4 Å². The summed E-state index contributed by atoms with van der Waals surface area (Å²) in [5.74, 6) is 0.165. The molecule has 0 aliphatic carbocycles. The molecular formula is C14H20N2O2. The largest absolute Gasteiger partial charge is 0.508 e. The SMILES string of the molecule is C=C(NNC(=O)CCCCC)c1ccc(O)cc1. The van der Waals surface area contributed by atoms with Gasteiger partial charge in [0.2, 0.25) is 5.91 Å². The van der Waals surface area contributed by atoms with Gasteiger partial charge in [0, 0.05) is 6.42 Å². The standard InChI is InChI=1S/C14H20N2O2/c1-3-4-5-6-14(18)16-15-11(2)12-7-9-13(17)10-8-12/h7-10,15,17H,2-6H2,1H3,(H,16,18). The number of nitrogens with one attached hydrogen (secondary N) is 2. The molecule has 0 saturated carbocycles. The number of carbonyl (C=O) groups is 1. The second-order valence-electron chi connectivity index (χ2n) is 4.16. The van der Waals surface area contributed by atoms with Gasteiger partial charge in [0.05, 0.1) is 5.70 Å². The number of unbranched alkanes of at least 4 members (excludes halogenated alkanes) is 2. The predicted octanol–water partition coefficient (Wildman–Crippen LogP) is 2.56. The van der Waals surface area contributed by atoms with Gasteiger partial charge in [0.1, 0.15) is 5.75 Å². The number of benzene rings is 1. The Morgan fingerprint density at radius 3 is 2.50 bits per heavy atom. The molecule has 18 heavy (non-hydrogen) atoms. The van der Waals surface area contributed by atoms with Crippen molar-refractivity contribution in [2.24, 2.45) is 0 Å². The summed E-state index contributed by atoms with van der Waals surface area (Å²) in [6, 6.07) is 6.61. The number of phenolic OH excluding ortho intramolecular Hbond substituents is 1. The Morgan fingerprint density at radius 2 is 1.89 bits per heavy atom. The van der Waals surface area contributed by atoms with E-state index < -0.39 is 0 Å². The van der Waals surface area contributed by atoms with Gasteiger partial charge in [0.25, 0.3) is 0 Å². The highest BCUT2D eigenvalue weighted by Crippen LogP contribution is 2.13. The lowest BCUT2D eigenvalue weighted by molar-refractivity contribution is -0.121. The number of hydrogen-bond acceptors (Lipinski definition) is 3. The van der Waals surface area contributed by atoms with Gasteiger partial charge in [0.15, 0.2) is 0 Å². The van der Waals surface area contributed by atoms with E-state index in [4.69, 9.17) is 5.11 Å². The van der Waals surface area contributed by atoms with Gasteiger partial charge in [-0.1, -0.05) is 26.3 Å². The first-order valence-corrected chi connectivity index (χ1v) is 6.16. The van der Waals surface area contributed by atoms with Gasteiger partial charge < -0.3 is 5.11 Å². The number of amides is 1. The molecule has 98 valence electrons. The zero-order valence-electron chi connectivity index (χ0n) is 10.7. The maximum absolute atomic E-state index is 11.5. The number of phenols is 1. The third kappa shape index (κ3) is 4.91. The quantitative estimate of drug-likeness (QED) is 0.513. The van der Waals surface area contributed by atoms with Crippen LogP contribution < -0.4 is 10.9 Å². The fourth-order valence-electron chi connectivity index (χ4n) is 1.48. The number of carbonyl (C=O) groups excluding carboxylic acids is 1. The normalized spacial score (nSPS) is 9.83. The number of hydrazine groups is 1. The summed E-state index contributed by atoms with van der Waals surface area (Å²) in [4.78, 5) is 11.5. The molecule has 1 amide bonds. The van der Waals surface area contributed by atoms with Crippen LogP contribution in [0.3, 0.4) is 0 Å². The van der Waals surface area contributed by atoms with Crippen LogP contribution in [0.15, 0.2) is 30.8 Å². The second kappa shape index (κ2) is 7.37. The molecular weight excluding hydrogens is 228 g/mol. The molecule has 3 N–H and O–H groups in total. The molecule has 0 aliphatic rings. The van der Waals surface area contributed by atoms with Crippen LogP contribution in [-0.2, 0) is 4.79 Å². The van der Waals surface area contributed by atoms with Gasteiger partial charge in [-0.25, -0.2) is 0 Å². The average molecular weight is 248 g/mol. The molecule has 0 radical (unpaired) electrons. The number of hydrogen-bond donors (Lipinski definition) is 3. The molecule has 0 spiro atoms. The Kier molecular flexibility index (Phi) is 5.77. The van der Waals surface area contributed by atoms with Crippen LogP contribution in [0.25, 0.3) is 5.70 Å². The summed E-state index contributed by atoms with van der Waals surface area (Å²) < 4.78 is 0. The lowest BCUT2D eigenvalue weighted by atomic mass is 10.2. The minimum Gasteiger partial charge on any atom is -0.508 e. The molecule has 0 unspecified atom stereocenters. The maximum atomic E-state index is 11.5. The number of rotatable bonds is 7. The molecule has 4 nitrogen and oxygen atoms in total. The van der Waals surface area contributed by atoms with Gasteiger partial charge in [-0.3, -0.25) is 15.6 Å². The molecule has 0 bridgehead atoms. The Balaban J connectivity index is 2.32. The van der Waals surface area contributed by atoms with E-state index in [1.54, 1.807) is 24.3 Å². The molecule has 1 aromatic carbocycles. The highest BCUT2D eigenvalue weighted by molar-refractivity contribution is 5.77. The third-order valence-corrected chi connectivity index (χ3v) is 2.58. The fraction of sp³-hybridized carbons (Fsp3) is 0.357. The topological polar surface area (TPSA) is 61.4 Å². The summed E-state index contributed by atoms with van der Waals surface area (Å²) in [6.45, 7) is 5.92. The summed E-state index contributed by atoms with van der Waals surface area (Å²) in [5.41, 5.74) is 6.79. The van der Waals surface area contributed by atoms with E-state index in [2.05, 4.69) is 24.4 Å². The van der Waals surface area contributed by atoms with Crippen LogP contribution in [0.5, 0.6) is 5.75 Å². The fourth-order valence-corrected chi connectivity index (χ4v) is 1.48. The van der Waals surface area contributed by atoms with E-state index in [-0.39, 0.29) is 11.7 Å². The Hall–Kier alpha value is -1.97. The van der Waals surface area contributed by atoms with E-state index >= 15 is 0 Å². The first-order valence-electron chi connectivity index (χ1n) is 6.16. The molecule has 0 fully saturated rings. The van der Waals surface area contributed by atoms with E-state index in [0.717, 1.165) is 24.8 Å². The monoisotopic (exact) mass is 248 g/mol. The van der Waals surface area contributed by atoms with Crippen molar-refractivity contribution in [3.63, 3.8) is 0 Å². The van der Waals surface area contributed by atoms with Crippen LogP contribution >= 0.6 is 0 Å². The van der Waals surface area contributed by atoms with Crippen LogP contribution in [-0.4, -0.2) is 11.0 Å². The molecule has 4 heteroatoms. The Bertz CT molecular complexity index is 399. The molecule has 0 atom stereocenters. The molecule has 1 aromatic rings. The third-order valence-electron chi connectivity index (χ3n) is 2.58. The van der Waals surface area contributed by atoms with Crippen LogP contribution in [0, 0.1) is 0 Å². The summed E-state index contributed by atoms with van der Waals surface area (Å²) in [5, 5.41) is 9.16. The van der Waals surface area contributed by atoms with Gasteiger partial charge in [-0.2, -0.15) is 0 Å². The lowest BCUT2D eigenvalue weighted by Crippen LogP contribution is -2.35. The predicted molar refractivity (Wildman–Crippen MR) is 72.6 cm³/mol. The maximum Gasteiger partial charge on any atom is 0.238 e. The smallest absolute Gasteiger partial charge is 0.238 e. The van der Waals surface area contributed by atoms with Crippen LogP contribution in [0.4, 0.5) is 0 Å². The molecule has 0 saturated heterocycles. The Morgan fingerprint density at radius 1 is 1.22 bits per heavy atom. The second-order valence-corrected chi connectivity index (χ2v) is 4.16. The summed E-state index contributed by atoms with van der Waals surface area (Å²) in [6.07, 6.45) is 3.58. The zero-order valence-corrected chi connectivity index (χ0v) is 10.7. The molecule has 0 aliphatic heterocycles. The van der Waals surface area contributed by atoms with E-state index in [0.29, 0.717) is 12.1 Å². The number of aromatic hydroxyl groups is 1. The van der Waals surface area contributed by atoms with Gasteiger partial charge in [-0.05, 0) is 36.2 Å². The van der Waals surface area contributed by atoms with Crippen molar-refractivity contribution in [1.29, 1.82) is 0 Å².